The van der Waals surface area contributed by atoms with Gasteiger partial charge < -0.3 is 15.4 Å². The number of carbonyl (C=O) groups excluding carboxylic acids is 1. The summed E-state index contributed by atoms with van der Waals surface area (Å²) in [6.45, 7) is 5.01. The Hall–Kier alpha value is -1.55. The van der Waals surface area contributed by atoms with Crippen LogP contribution in [0.2, 0.25) is 0 Å². The maximum absolute atomic E-state index is 11.5. The van der Waals surface area contributed by atoms with Gasteiger partial charge >= 0.3 is 6.03 Å². The number of urea groups is 1. The minimum Gasteiger partial charge on any atom is -0.372 e. The second-order valence-corrected chi connectivity index (χ2v) is 4.13. The van der Waals surface area contributed by atoms with Crippen LogP contribution in [0.4, 0.5) is 4.79 Å². The highest BCUT2D eigenvalue weighted by atomic mass is 16.5. The molecule has 0 radical (unpaired) electrons. The van der Waals surface area contributed by atoms with Crippen LogP contribution in [0.3, 0.4) is 0 Å². The van der Waals surface area contributed by atoms with Crippen molar-refractivity contribution in [1.82, 2.24) is 10.6 Å². The number of nitrogens with one attached hydrogen (secondary N) is 2. The summed E-state index contributed by atoms with van der Waals surface area (Å²) in [6, 6.07) is 9.80. The number of methoxy groups -OCH3 is 1. The summed E-state index contributed by atoms with van der Waals surface area (Å²) in [4.78, 5) is 11.5. The molecule has 0 saturated carbocycles. The van der Waals surface area contributed by atoms with Gasteiger partial charge in [-0.25, -0.2) is 4.79 Å². The predicted molar refractivity (Wildman–Crippen MR) is 72.5 cm³/mol. The molecule has 1 atom stereocenters. The van der Waals surface area contributed by atoms with E-state index in [1.165, 1.54) is 0 Å². The Morgan fingerprint density at radius 2 is 1.89 bits per heavy atom. The summed E-state index contributed by atoms with van der Waals surface area (Å²) in [7, 11) is 1.68. The van der Waals surface area contributed by atoms with E-state index in [0.717, 1.165) is 12.0 Å². The van der Waals surface area contributed by atoms with E-state index >= 15 is 0 Å². The molecular formula is C14H22N2O2. The van der Waals surface area contributed by atoms with E-state index in [9.17, 15) is 4.79 Å². The highest BCUT2D eigenvalue weighted by Crippen LogP contribution is 2.27. The van der Waals surface area contributed by atoms with Crippen molar-refractivity contribution in [3.05, 3.63) is 35.9 Å². The van der Waals surface area contributed by atoms with Crippen molar-refractivity contribution in [2.45, 2.75) is 25.9 Å². The third-order valence-electron chi connectivity index (χ3n) is 3.13. The number of hydrogen-bond acceptors (Lipinski definition) is 2. The van der Waals surface area contributed by atoms with Gasteiger partial charge in [-0.2, -0.15) is 0 Å². The Morgan fingerprint density at radius 3 is 2.39 bits per heavy atom. The van der Waals surface area contributed by atoms with Crippen molar-refractivity contribution >= 4 is 6.03 Å². The zero-order valence-electron chi connectivity index (χ0n) is 11.3. The molecule has 4 heteroatoms. The smallest absolute Gasteiger partial charge is 0.314 e. The highest BCUT2D eigenvalue weighted by molar-refractivity contribution is 5.73. The molecule has 0 aliphatic heterocycles. The maximum Gasteiger partial charge on any atom is 0.314 e. The van der Waals surface area contributed by atoms with Crippen molar-refractivity contribution in [1.29, 1.82) is 0 Å². The van der Waals surface area contributed by atoms with Gasteiger partial charge in [0, 0.05) is 13.7 Å². The van der Waals surface area contributed by atoms with E-state index in [1.807, 2.05) is 37.3 Å². The molecule has 0 heterocycles. The van der Waals surface area contributed by atoms with E-state index in [1.54, 1.807) is 7.11 Å². The van der Waals surface area contributed by atoms with Crippen molar-refractivity contribution in [2.24, 2.45) is 0 Å². The average Bonchev–Trinajstić information content (AvgIpc) is 2.42. The first-order valence-corrected chi connectivity index (χ1v) is 6.31. The Morgan fingerprint density at radius 1 is 1.22 bits per heavy atom. The summed E-state index contributed by atoms with van der Waals surface area (Å²) >= 11 is 0. The largest absolute Gasteiger partial charge is 0.372 e. The third-order valence-corrected chi connectivity index (χ3v) is 3.13. The van der Waals surface area contributed by atoms with Crippen molar-refractivity contribution in [3.63, 3.8) is 0 Å². The normalized spacial score (nSPS) is 13.7. The molecule has 0 saturated heterocycles. The fraction of sp³-hybridized carbons (Fsp3) is 0.500. The molecule has 4 nitrogen and oxygen atoms in total. The first kappa shape index (κ1) is 14.5. The van der Waals surface area contributed by atoms with Gasteiger partial charge in [0.1, 0.15) is 5.60 Å². The van der Waals surface area contributed by atoms with Crippen LogP contribution in [0.5, 0.6) is 0 Å². The molecule has 1 rings (SSSR count). The van der Waals surface area contributed by atoms with E-state index < -0.39 is 5.60 Å². The standard InChI is InChI=1S/C14H22N2O2/c1-4-14(18-3,11-16-13(17)15-5-2)12-9-7-6-8-10-12/h6-10H,4-5,11H2,1-3H3,(H2,15,16,17)/t14-/m1/s1. The first-order valence-electron chi connectivity index (χ1n) is 6.31. The Kier molecular flexibility index (Phi) is 5.65. The fourth-order valence-electron chi connectivity index (χ4n) is 1.95. The molecule has 0 aromatic heterocycles. The van der Waals surface area contributed by atoms with Gasteiger partial charge in [-0.1, -0.05) is 37.3 Å². The quantitative estimate of drug-likeness (QED) is 0.813. The molecule has 0 fully saturated rings. The van der Waals surface area contributed by atoms with Gasteiger partial charge in [-0.05, 0) is 18.9 Å². The Labute approximate surface area is 109 Å². The second-order valence-electron chi connectivity index (χ2n) is 4.13. The molecule has 0 aliphatic rings. The predicted octanol–water partition coefficient (Wildman–Crippen LogP) is 2.26. The molecule has 2 N–H and O–H groups in total. The lowest BCUT2D eigenvalue weighted by molar-refractivity contribution is -0.0152. The molecule has 0 aliphatic carbocycles. The molecule has 0 bridgehead atoms. The minimum atomic E-state index is -0.466. The van der Waals surface area contributed by atoms with E-state index in [-0.39, 0.29) is 6.03 Å². The number of carbonyl (C=O) groups is 1. The van der Waals surface area contributed by atoms with Crippen molar-refractivity contribution < 1.29 is 9.53 Å². The summed E-state index contributed by atoms with van der Waals surface area (Å²) in [6.07, 6.45) is 0.792. The van der Waals surface area contributed by atoms with Crippen molar-refractivity contribution in [3.8, 4) is 0 Å². The van der Waals surface area contributed by atoms with Crippen LogP contribution in [-0.2, 0) is 10.3 Å². The van der Waals surface area contributed by atoms with Crippen LogP contribution in [-0.4, -0.2) is 26.2 Å². The van der Waals surface area contributed by atoms with Crippen molar-refractivity contribution in [2.75, 3.05) is 20.2 Å². The van der Waals surface area contributed by atoms with Gasteiger partial charge in [0.05, 0.1) is 6.54 Å². The van der Waals surface area contributed by atoms with Crippen LogP contribution < -0.4 is 10.6 Å². The van der Waals surface area contributed by atoms with Crippen LogP contribution >= 0.6 is 0 Å². The van der Waals surface area contributed by atoms with Crippen LogP contribution in [0.1, 0.15) is 25.8 Å². The highest BCUT2D eigenvalue weighted by Gasteiger charge is 2.30. The van der Waals surface area contributed by atoms with Crippen LogP contribution in [0.15, 0.2) is 30.3 Å². The molecule has 100 valence electrons. The zero-order valence-corrected chi connectivity index (χ0v) is 11.3. The topological polar surface area (TPSA) is 50.4 Å². The van der Waals surface area contributed by atoms with Crippen LogP contribution in [0.25, 0.3) is 0 Å². The maximum atomic E-state index is 11.5. The fourth-order valence-corrected chi connectivity index (χ4v) is 1.95. The summed E-state index contributed by atoms with van der Waals surface area (Å²) in [5.41, 5.74) is 0.610. The number of hydrogen-bond donors (Lipinski definition) is 2. The summed E-state index contributed by atoms with van der Waals surface area (Å²) in [5.74, 6) is 0. The van der Waals surface area contributed by atoms with Gasteiger partial charge in [0.25, 0.3) is 0 Å². The molecule has 0 unspecified atom stereocenters. The number of amides is 2. The monoisotopic (exact) mass is 250 g/mol. The minimum absolute atomic E-state index is 0.164. The van der Waals surface area contributed by atoms with E-state index in [4.69, 9.17) is 4.74 Å². The molecule has 0 spiro atoms. The van der Waals surface area contributed by atoms with Gasteiger partial charge in [-0.15, -0.1) is 0 Å². The molecule has 18 heavy (non-hydrogen) atoms. The first-order chi connectivity index (χ1) is 8.68. The second kappa shape index (κ2) is 7.01. The van der Waals surface area contributed by atoms with E-state index in [2.05, 4.69) is 17.6 Å². The van der Waals surface area contributed by atoms with Gasteiger partial charge in [0.15, 0.2) is 0 Å². The molecule has 1 aromatic rings. The number of benzene rings is 1. The molecule has 2 amide bonds. The molecular weight excluding hydrogens is 228 g/mol. The Balaban J connectivity index is 2.78. The lowest BCUT2D eigenvalue weighted by atomic mass is 9.91. The zero-order chi connectivity index (χ0) is 13.4. The number of rotatable bonds is 6. The third kappa shape index (κ3) is 3.47. The summed E-state index contributed by atoms with van der Waals surface area (Å²) < 4.78 is 5.66. The number of ether oxygens (including phenoxy) is 1. The lowest BCUT2D eigenvalue weighted by Crippen LogP contribution is -2.45. The average molecular weight is 250 g/mol. The summed E-state index contributed by atoms with van der Waals surface area (Å²) in [5, 5.41) is 5.56. The SMILES string of the molecule is CCNC(=O)NC[C@@](CC)(OC)c1ccccc1. The Bertz CT molecular complexity index is 361. The lowest BCUT2D eigenvalue weighted by Gasteiger charge is -2.32. The van der Waals surface area contributed by atoms with Crippen LogP contribution in [0, 0.1) is 0 Å². The van der Waals surface area contributed by atoms with E-state index in [0.29, 0.717) is 13.1 Å². The van der Waals surface area contributed by atoms with Gasteiger partial charge in [-0.3, -0.25) is 0 Å². The van der Waals surface area contributed by atoms with Gasteiger partial charge in [0.2, 0.25) is 0 Å². The molecule has 1 aromatic carbocycles.